The average Bonchev–Trinajstić information content (AvgIpc) is 3.32. The van der Waals surface area contributed by atoms with Crippen LogP contribution < -0.4 is 0 Å². The van der Waals surface area contributed by atoms with Crippen molar-refractivity contribution < 1.29 is 31.4 Å². The molecule has 12 heteroatoms. The summed E-state index contributed by atoms with van der Waals surface area (Å²) < 4.78 is 77.2. The van der Waals surface area contributed by atoms with Gasteiger partial charge in [0.2, 0.25) is 11.7 Å². The van der Waals surface area contributed by atoms with Crippen molar-refractivity contribution in [2.24, 2.45) is 9.98 Å². The molecule has 1 atom stereocenters. The van der Waals surface area contributed by atoms with Crippen LogP contribution in [0.15, 0.2) is 34.6 Å². The second kappa shape index (κ2) is 9.25. The fourth-order valence-electron chi connectivity index (χ4n) is 1.90. The fraction of sp³-hybridized carbons (Fsp3) is 0.529. The summed E-state index contributed by atoms with van der Waals surface area (Å²) >= 11 is 0. The number of aromatic nitrogens is 3. The van der Waals surface area contributed by atoms with E-state index in [-0.39, 0.29) is 5.82 Å². The topological polar surface area (TPSA) is 73.9 Å². The van der Waals surface area contributed by atoms with Crippen LogP contribution in [-0.4, -0.2) is 52.2 Å². The van der Waals surface area contributed by atoms with Gasteiger partial charge in [-0.15, -0.1) is 10.2 Å². The van der Waals surface area contributed by atoms with Gasteiger partial charge >= 0.3 is 12.3 Å². The Kier molecular flexibility index (Phi) is 7.22. The number of hydrogen-bond donors (Lipinski definition) is 0. The molecule has 1 aliphatic carbocycles. The molecule has 1 aliphatic rings. The molecule has 0 radical (unpaired) electrons. The standard InChI is InChI=1S/C17H20F5N5O2/c1-4-6-14(28-11(3)16(18,19)20)24-10-27-13(9-23-5-2)25-26-15(27)17(21,22)29-12-7-8-12/h4,6,9-12H,1,5,7-8H2,2-3H3/b14-6+,23-9?,24-10?/t11-/m0/s1. The van der Waals surface area contributed by atoms with Gasteiger partial charge in [0.15, 0.2) is 11.9 Å². The lowest BCUT2D eigenvalue weighted by molar-refractivity contribution is -0.261. The predicted molar refractivity (Wildman–Crippen MR) is 94.9 cm³/mol. The zero-order valence-electron chi connectivity index (χ0n) is 15.7. The van der Waals surface area contributed by atoms with E-state index < -0.39 is 36.2 Å². The summed E-state index contributed by atoms with van der Waals surface area (Å²) in [4.78, 5) is 7.63. The van der Waals surface area contributed by atoms with Gasteiger partial charge < -0.3 is 9.47 Å². The molecule has 1 saturated carbocycles. The molecule has 0 N–H and O–H groups in total. The molecule has 1 heterocycles. The summed E-state index contributed by atoms with van der Waals surface area (Å²) in [5, 5.41) is 7.06. The average molecular weight is 421 g/mol. The summed E-state index contributed by atoms with van der Waals surface area (Å²) in [5.41, 5.74) is 0. The van der Waals surface area contributed by atoms with Crippen LogP contribution in [0.5, 0.6) is 0 Å². The van der Waals surface area contributed by atoms with Gasteiger partial charge in [0, 0.05) is 6.54 Å². The maximum absolute atomic E-state index is 14.4. The van der Waals surface area contributed by atoms with Crippen molar-refractivity contribution in [3.05, 3.63) is 36.3 Å². The van der Waals surface area contributed by atoms with Crippen LogP contribution in [0.25, 0.3) is 0 Å². The van der Waals surface area contributed by atoms with E-state index in [1.165, 1.54) is 6.21 Å². The number of ether oxygens (including phenoxy) is 2. The third-order valence-corrected chi connectivity index (χ3v) is 3.53. The lowest BCUT2D eigenvalue weighted by Gasteiger charge is -2.18. The van der Waals surface area contributed by atoms with E-state index in [1.54, 1.807) is 6.92 Å². The first-order valence-electron chi connectivity index (χ1n) is 8.69. The Morgan fingerprint density at radius 3 is 2.55 bits per heavy atom. The van der Waals surface area contributed by atoms with E-state index in [4.69, 9.17) is 4.74 Å². The van der Waals surface area contributed by atoms with E-state index in [1.807, 2.05) is 0 Å². The van der Waals surface area contributed by atoms with Crippen LogP contribution in [0.4, 0.5) is 22.0 Å². The van der Waals surface area contributed by atoms with Crippen molar-refractivity contribution in [2.45, 2.75) is 51.2 Å². The smallest absolute Gasteiger partial charge is 0.425 e. The highest BCUT2D eigenvalue weighted by Crippen LogP contribution is 2.36. The maximum atomic E-state index is 14.4. The summed E-state index contributed by atoms with van der Waals surface area (Å²) in [6.45, 7) is 6.22. The van der Waals surface area contributed by atoms with Crippen molar-refractivity contribution in [2.75, 3.05) is 6.54 Å². The molecule has 160 valence electrons. The molecule has 0 saturated heterocycles. The number of aliphatic imine (C=N–C) groups is 2. The van der Waals surface area contributed by atoms with Crippen molar-refractivity contribution in [3.8, 4) is 0 Å². The van der Waals surface area contributed by atoms with Crippen LogP contribution in [-0.2, 0) is 15.6 Å². The molecule has 1 aromatic rings. The first-order valence-corrected chi connectivity index (χ1v) is 8.69. The minimum atomic E-state index is -4.64. The highest BCUT2D eigenvalue weighted by atomic mass is 19.4. The van der Waals surface area contributed by atoms with Gasteiger partial charge in [-0.3, -0.25) is 9.56 Å². The molecule has 0 unspecified atom stereocenters. The van der Waals surface area contributed by atoms with Crippen LogP contribution in [0.3, 0.4) is 0 Å². The van der Waals surface area contributed by atoms with Crippen molar-refractivity contribution in [1.29, 1.82) is 0 Å². The summed E-state index contributed by atoms with van der Waals surface area (Å²) in [5.74, 6) is -1.48. The molecule has 1 aromatic heterocycles. The quantitative estimate of drug-likeness (QED) is 0.189. The second-order valence-corrected chi connectivity index (χ2v) is 6.00. The SMILES string of the molecule is C=C/C=C(\N=Cn1c(C=NCC)nnc1C(F)(F)OC1CC1)O[C@@H](C)C(F)(F)F. The van der Waals surface area contributed by atoms with Gasteiger partial charge in [-0.05, 0) is 32.8 Å². The zero-order chi connectivity index (χ0) is 21.7. The Balaban J connectivity index is 2.36. The number of rotatable bonds is 10. The van der Waals surface area contributed by atoms with Crippen molar-refractivity contribution in [3.63, 3.8) is 0 Å². The Bertz CT molecular complexity index is 797. The highest BCUT2D eigenvalue weighted by molar-refractivity contribution is 5.79. The third-order valence-electron chi connectivity index (χ3n) is 3.53. The molecule has 29 heavy (non-hydrogen) atoms. The number of nitrogens with zero attached hydrogens (tertiary/aromatic N) is 5. The second-order valence-electron chi connectivity index (χ2n) is 6.00. The van der Waals surface area contributed by atoms with Gasteiger partial charge in [0.25, 0.3) is 0 Å². The molecular formula is C17H20F5N5O2. The summed E-state index contributed by atoms with van der Waals surface area (Å²) in [6, 6.07) is 0. The third kappa shape index (κ3) is 6.44. The van der Waals surface area contributed by atoms with Gasteiger partial charge in [-0.25, -0.2) is 4.99 Å². The van der Waals surface area contributed by atoms with E-state index in [0.29, 0.717) is 19.4 Å². The zero-order valence-corrected chi connectivity index (χ0v) is 15.7. The van der Waals surface area contributed by atoms with Gasteiger partial charge in [-0.2, -0.15) is 22.0 Å². The van der Waals surface area contributed by atoms with Gasteiger partial charge in [0.05, 0.1) is 12.3 Å². The Morgan fingerprint density at radius 2 is 2.00 bits per heavy atom. The van der Waals surface area contributed by atoms with Crippen LogP contribution >= 0.6 is 0 Å². The number of hydrogen-bond acceptors (Lipinski definition) is 6. The highest BCUT2D eigenvalue weighted by Gasteiger charge is 2.45. The molecule has 0 bridgehead atoms. The van der Waals surface area contributed by atoms with Crippen molar-refractivity contribution in [1.82, 2.24) is 14.8 Å². The fourth-order valence-corrected chi connectivity index (χ4v) is 1.90. The number of alkyl halides is 5. The van der Waals surface area contributed by atoms with E-state index in [2.05, 4.69) is 31.5 Å². The van der Waals surface area contributed by atoms with Gasteiger partial charge in [0.1, 0.15) is 6.34 Å². The lowest BCUT2D eigenvalue weighted by atomic mass is 10.4. The lowest BCUT2D eigenvalue weighted by Crippen LogP contribution is -2.28. The molecule has 0 aliphatic heterocycles. The molecular weight excluding hydrogens is 401 g/mol. The molecule has 0 amide bonds. The first-order chi connectivity index (χ1) is 13.6. The van der Waals surface area contributed by atoms with Crippen LogP contribution in [0.1, 0.15) is 38.3 Å². The maximum Gasteiger partial charge on any atom is 0.425 e. The molecule has 1 fully saturated rings. The minimum absolute atomic E-state index is 0.105. The number of allylic oxidation sites excluding steroid dienone is 2. The monoisotopic (exact) mass is 421 g/mol. The van der Waals surface area contributed by atoms with Crippen LogP contribution in [0, 0.1) is 0 Å². The normalized spacial score (nSPS) is 17.3. The molecule has 7 nitrogen and oxygen atoms in total. The Hall–Kier alpha value is -2.63. The number of halogens is 5. The molecule has 2 rings (SSSR count). The van der Waals surface area contributed by atoms with Gasteiger partial charge in [-0.1, -0.05) is 12.7 Å². The van der Waals surface area contributed by atoms with E-state index in [9.17, 15) is 22.0 Å². The van der Waals surface area contributed by atoms with E-state index >= 15 is 0 Å². The van der Waals surface area contributed by atoms with Crippen LogP contribution in [0.2, 0.25) is 0 Å². The minimum Gasteiger partial charge on any atom is -0.465 e. The van der Waals surface area contributed by atoms with Crippen molar-refractivity contribution >= 4 is 12.6 Å². The van der Waals surface area contributed by atoms with E-state index in [0.717, 1.165) is 30.0 Å². The molecule has 0 aromatic carbocycles. The largest absolute Gasteiger partial charge is 0.465 e. The summed E-state index contributed by atoms with van der Waals surface area (Å²) in [6.07, 6.45) is -5.98. The predicted octanol–water partition coefficient (Wildman–Crippen LogP) is 3.82. The Morgan fingerprint density at radius 1 is 1.31 bits per heavy atom. The Labute approximate surface area is 163 Å². The summed E-state index contributed by atoms with van der Waals surface area (Å²) in [7, 11) is 0. The first kappa shape index (κ1) is 22.7. The molecule has 0 spiro atoms.